The summed E-state index contributed by atoms with van der Waals surface area (Å²) in [4.78, 5) is 11.9. The van der Waals surface area contributed by atoms with Gasteiger partial charge in [0.25, 0.3) is 0 Å². The van der Waals surface area contributed by atoms with Crippen molar-refractivity contribution < 1.29 is 4.79 Å². The summed E-state index contributed by atoms with van der Waals surface area (Å²) >= 11 is 6.86. The normalized spacial score (nSPS) is 16.3. The second-order valence-electron chi connectivity index (χ2n) is 4.53. The maximum Gasteiger partial charge on any atom is 0.319 e. The minimum atomic E-state index is -0.130. The largest absolute Gasteiger partial charge is 0.335 e. The molecular formula is C13H16Br2N2O. The molecule has 0 heterocycles. The van der Waals surface area contributed by atoms with Gasteiger partial charge in [0, 0.05) is 15.0 Å². The van der Waals surface area contributed by atoms with Crippen LogP contribution in [0.3, 0.4) is 0 Å². The van der Waals surface area contributed by atoms with E-state index < -0.39 is 0 Å². The summed E-state index contributed by atoms with van der Waals surface area (Å²) in [5, 5.41) is 5.91. The Bertz CT molecular complexity index is 411. The molecule has 1 aliphatic rings. The summed E-state index contributed by atoms with van der Waals surface area (Å²) in [7, 11) is 0. The molecule has 0 unspecified atom stereocenters. The van der Waals surface area contributed by atoms with E-state index in [4.69, 9.17) is 0 Å². The first-order chi connectivity index (χ1) is 8.66. The smallest absolute Gasteiger partial charge is 0.319 e. The first-order valence-corrected chi connectivity index (χ1v) is 7.77. The molecule has 0 spiro atoms. The molecule has 2 rings (SSSR count). The molecule has 0 saturated heterocycles. The van der Waals surface area contributed by atoms with Crippen molar-refractivity contribution in [1.29, 1.82) is 0 Å². The molecule has 5 heteroatoms. The molecule has 3 nitrogen and oxygen atoms in total. The lowest BCUT2D eigenvalue weighted by Crippen LogP contribution is -2.39. The van der Waals surface area contributed by atoms with Gasteiger partial charge in [-0.05, 0) is 56.8 Å². The fourth-order valence-electron chi connectivity index (χ4n) is 2.20. The number of urea groups is 1. The molecule has 18 heavy (non-hydrogen) atoms. The molecule has 1 aliphatic carbocycles. The molecule has 0 aromatic heterocycles. The zero-order chi connectivity index (χ0) is 13.0. The van der Waals surface area contributed by atoms with E-state index >= 15 is 0 Å². The Kier molecular flexibility index (Phi) is 5.06. The highest BCUT2D eigenvalue weighted by Gasteiger charge is 2.16. The van der Waals surface area contributed by atoms with Crippen LogP contribution in [0.5, 0.6) is 0 Å². The number of benzene rings is 1. The summed E-state index contributed by atoms with van der Waals surface area (Å²) in [5.41, 5.74) is 0.769. The summed E-state index contributed by atoms with van der Waals surface area (Å²) in [6, 6.07) is 5.91. The van der Waals surface area contributed by atoms with Crippen molar-refractivity contribution in [2.45, 2.75) is 38.1 Å². The second-order valence-corrected chi connectivity index (χ2v) is 6.24. The fourth-order valence-corrected chi connectivity index (χ4v) is 3.40. The van der Waals surface area contributed by atoms with Gasteiger partial charge >= 0.3 is 6.03 Å². The van der Waals surface area contributed by atoms with E-state index in [1.165, 1.54) is 19.3 Å². The predicted molar refractivity (Wildman–Crippen MR) is 80.9 cm³/mol. The van der Waals surface area contributed by atoms with Crippen molar-refractivity contribution >= 4 is 43.6 Å². The number of nitrogens with one attached hydrogen (secondary N) is 2. The molecule has 1 fully saturated rings. The average molecular weight is 376 g/mol. The number of carbonyl (C=O) groups is 1. The lowest BCUT2D eigenvalue weighted by atomic mass is 9.96. The van der Waals surface area contributed by atoms with E-state index in [9.17, 15) is 4.79 Å². The van der Waals surface area contributed by atoms with Crippen LogP contribution in [-0.2, 0) is 0 Å². The molecule has 2 N–H and O–H groups in total. The van der Waals surface area contributed by atoms with Crippen molar-refractivity contribution in [1.82, 2.24) is 5.32 Å². The quantitative estimate of drug-likeness (QED) is 0.774. The Morgan fingerprint density at radius 3 is 2.33 bits per heavy atom. The lowest BCUT2D eigenvalue weighted by molar-refractivity contribution is 0.244. The molecule has 0 atom stereocenters. The van der Waals surface area contributed by atoms with Crippen molar-refractivity contribution in [2.24, 2.45) is 0 Å². The number of hydrogen-bond donors (Lipinski definition) is 2. The SMILES string of the molecule is O=C(Nc1c(Br)cccc1Br)NC1CCCCC1. The summed E-state index contributed by atoms with van der Waals surface area (Å²) in [6.45, 7) is 0. The zero-order valence-corrected chi connectivity index (χ0v) is 13.2. The summed E-state index contributed by atoms with van der Waals surface area (Å²) in [6.07, 6.45) is 5.89. The van der Waals surface area contributed by atoms with Gasteiger partial charge in [-0.2, -0.15) is 0 Å². The van der Waals surface area contributed by atoms with Crippen LogP contribution in [-0.4, -0.2) is 12.1 Å². The van der Waals surface area contributed by atoms with Crippen molar-refractivity contribution in [3.8, 4) is 0 Å². The standard InChI is InChI=1S/C13H16Br2N2O/c14-10-7-4-8-11(15)12(10)17-13(18)16-9-5-2-1-3-6-9/h4,7-9H,1-3,5-6H2,(H2,16,17,18). The highest BCUT2D eigenvalue weighted by atomic mass is 79.9. The third-order valence-electron chi connectivity index (χ3n) is 3.14. The van der Waals surface area contributed by atoms with Crippen LogP contribution < -0.4 is 10.6 Å². The van der Waals surface area contributed by atoms with E-state index in [-0.39, 0.29) is 6.03 Å². The topological polar surface area (TPSA) is 41.1 Å². The minimum absolute atomic E-state index is 0.130. The maximum absolute atomic E-state index is 11.9. The maximum atomic E-state index is 11.9. The van der Waals surface area contributed by atoms with E-state index in [0.717, 1.165) is 27.5 Å². The van der Waals surface area contributed by atoms with Crippen LogP contribution in [0.1, 0.15) is 32.1 Å². The van der Waals surface area contributed by atoms with Gasteiger partial charge in [-0.1, -0.05) is 25.3 Å². The molecule has 1 aromatic carbocycles. The number of hydrogen-bond acceptors (Lipinski definition) is 1. The van der Waals surface area contributed by atoms with Crippen LogP contribution in [0.15, 0.2) is 27.1 Å². The number of amides is 2. The number of halogens is 2. The zero-order valence-electron chi connectivity index (χ0n) is 10.0. The van der Waals surface area contributed by atoms with Gasteiger partial charge in [-0.15, -0.1) is 0 Å². The highest BCUT2D eigenvalue weighted by molar-refractivity contribution is 9.11. The molecule has 0 radical (unpaired) electrons. The van der Waals surface area contributed by atoms with Gasteiger partial charge in [0.15, 0.2) is 0 Å². The predicted octanol–water partition coefficient (Wildman–Crippen LogP) is 4.67. The molecule has 1 saturated carbocycles. The van der Waals surface area contributed by atoms with Gasteiger partial charge in [0.1, 0.15) is 0 Å². The first-order valence-electron chi connectivity index (χ1n) is 6.18. The number of anilines is 1. The third-order valence-corrected chi connectivity index (χ3v) is 4.46. The Morgan fingerprint density at radius 1 is 1.11 bits per heavy atom. The molecule has 0 aliphatic heterocycles. The molecule has 98 valence electrons. The van der Waals surface area contributed by atoms with Gasteiger partial charge in [-0.25, -0.2) is 4.79 Å². The van der Waals surface area contributed by atoms with Crippen molar-refractivity contribution in [2.75, 3.05) is 5.32 Å². The highest BCUT2D eigenvalue weighted by Crippen LogP contribution is 2.30. The van der Waals surface area contributed by atoms with E-state index in [1.54, 1.807) is 0 Å². The van der Waals surface area contributed by atoms with Gasteiger partial charge < -0.3 is 10.6 Å². The van der Waals surface area contributed by atoms with Crippen molar-refractivity contribution in [3.63, 3.8) is 0 Å². The minimum Gasteiger partial charge on any atom is -0.335 e. The van der Waals surface area contributed by atoms with Crippen LogP contribution >= 0.6 is 31.9 Å². The van der Waals surface area contributed by atoms with Crippen LogP contribution in [0.25, 0.3) is 0 Å². The van der Waals surface area contributed by atoms with E-state index in [1.807, 2.05) is 18.2 Å². The van der Waals surface area contributed by atoms with Gasteiger partial charge in [0.05, 0.1) is 5.69 Å². The Morgan fingerprint density at radius 2 is 1.72 bits per heavy atom. The van der Waals surface area contributed by atoms with E-state index in [2.05, 4.69) is 42.5 Å². The third kappa shape index (κ3) is 3.72. The van der Waals surface area contributed by atoms with Crippen molar-refractivity contribution in [3.05, 3.63) is 27.1 Å². The Balaban J connectivity index is 1.94. The molecule has 2 amide bonds. The number of carbonyl (C=O) groups excluding carboxylic acids is 1. The molecular weight excluding hydrogens is 360 g/mol. The number of para-hydroxylation sites is 1. The second kappa shape index (κ2) is 6.57. The van der Waals surface area contributed by atoms with Gasteiger partial charge in [-0.3, -0.25) is 0 Å². The summed E-state index contributed by atoms with van der Waals surface area (Å²) in [5.74, 6) is 0. The monoisotopic (exact) mass is 374 g/mol. The van der Waals surface area contributed by atoms with Crippen LogP contribution in [0.4, 0.5) is 10.5 Å². The van der Waals surface area contributed by atoms with E-state index in [0.29, 0.717) is 6.04 Å². The Hall–Kier alpha value is -0.550. The van der Waals surface area contributed by atoms with Crippen LogP contribution in [0, 0.1) is 0 Å². The first kappa shape index (κ1) is 13.9. The van der Waals surface area contributed by atoms with Gasteiger partial charge in [0.2, 0.25) is 0 Å². The fraction of sp³-hybridized carbons (Fsp3) is 0.462. The van der Waals surface area contributed by atoms with Crippen LogP contribution in [0.2, 0.25) is 0 Å². The molecule has 0 bridgehead atoms. The lowest BCUT2D eigenvalue weighted by Gasteiger charge is -2.23. The molecule has 1 aromatic rings. The number of rotatable bonds is 2. The Labute approximate surface area is 124 Å². The average Bonchev–Trinajstić information content (AvgIpc) is 2.35. The summed E-state index contributed by atoms with van der Waals surface area (Å²) < 4.78 is 1.74.